The van der Waals surface area contributed by atoms with Crippen LogP contribution in [0.4, 0.5) is 11.4 Å². The van der Waals surface area contributed by atoms with Gasteiger partial charge in [0, 0.05) is 6.04 Å². The van der Waals surface area contributed by atoms with Crippen LogP contribution in [-0.2, 0) is 4.74 Å². The average molecular weight is 318 g/mol. The van der Waals surface area contributed by atoms with Crippen LogP contribution in [0.1, 0.15) is 76.1 Å². The van der Waals surface area contributed by atoms with E-state index in [4.69, 9.17) is 10.5 Å². The highest BCUT2D eigenvalue weighted by Crippen LogP contribution is 2.26. The van der Waals surface area contributed by atoms with Gasteiger partial charge in [-0.25, -0.2) is 4.79 Å². The lowest BCUT2D eigenvalue weighted by Crippen LogP contribution is -2.24. The van der Waals surface area contributed by atoms with Gasteiger partial charge in [0.2, 0.25) is 0 Å². The molecule has 4 heteroatoms. The lowest BCUT2D eigenvalue weighted by molar-refractivity contribution is 0.00696. The number of nitrogens with two attached hydrogens (primary N) is 1. The van der Waals surface area contributed by atoms with Crippen LogP contribution >= 0.6 is 0 Å². The predicted molar refractivity (Wildman–Crippen MR) is 95.8 cm³/mol. The lowest BCUT2D eigenvalue weighted by Gasteiger charge is -2.23. The number of ether oxygens (including phenoxy) is 1. The van der Waals surface area contributed by atoms with Crippen molar-refractivity contribution in [2.24, 2.45) is 0 Å². The Labute approximate surface area is 139 Å². The van der Waals surface area contributed by atoms with E-state index < -0.39 is 5.60 Å². The molecule has 23 heavy (non-hydrogen) atoms. The van der Waals surface area contributed by atoms with Crippen molar-refractivity contribution < 1.29 is 9.53 Å². The smallest absolute Gasteiger partial charge is 0.338 e. The Morgan fingerprint density at radius 3 is 2.30 bits per heavy atom. The van der Waals surface area contributed by atoms with Crippen molar-refractivity contribution in [3.05, 3.63) is 23.8 Å². The van der Waals surface area contributed by atoms with Gasteiger partial charge < -0.3 is 15.8 Å². The number of carbonyl (C=O) groups is 1. The van der Waals surface area contributed by atoms with Crippen molar-refractivity contribution in [3.8, 4) is 0 Å². The number of nitrogens with one attached hydrogen (secondary N) is 1. The third-order valence-corrected chi connectivity index (χ3v) is 4.15. The second kappa shape index (κ2) is 7.71. The fourth-order valence-corrected chi connectivity index (χ4v) is 2.98. The van der Waals surface area contributed by atoms with E-state index in [2.05, 4.69) is 5.32 Å². The topological polar surface area (TPSA) is 64.3 Å². The van der Waals surface area contributed by atoms with Crippen molar-refractivity contribution in [2.75, 3.05) is 11.1 Å². The minimum Gasteiger partial charge on any atom is -0.456 e. The van der Waals surface area contributed by atoms with Crippen LogP contribution in [0, 0.1) is 0 Å². The van der Waals surface area contributed by atoms with Gasteiger partial charge in [-0.15, -0.1) is 0 Å². The van der Waals surface area contributed by atoms with E-state index in [1.165, 1.54) is 44.9 Å². The molecule has 1 saturated carbocycles. The minimum absolute atomic E-state index is 0.332. The summed E-state index contributed by atoms with van der Waals surface area (Å²) >= 11 is 0. The van der Waals surface area contributed by atoms with Crippen LogP contribution in [0.3, 0.4) is 0 Å². The molecule has 128 valence electrons. The molecule has 1 aromatic rings. The molecule has 0 aliphatic heterocycles. The fourth-order valence-electron chi connectivity index (χ4n) is 2.98. The molecule has 0 spiro atoms. The zero-order valence-electron chi connectivity index (χ0n) is 14.7. The highest BCUT2D eigenvalue weighted by Gasteiger charge is 2.19. The summed E-state index contributed by atoms with van der Waals surface area (Å²) in [5, 5.41) is 3.55. The third kappa shape index (κ3) is 5.77. The molecule has 1 fully saturated rings. The van der Waals surface area contributed by atoms with Gasteiger partial charge >= 0.3 is 5.97 Å². The maximum atomic E-state index is 12.1. The van der Waals surface area contributed by atoms with Crippen molar-refractivity contribution in [1.82, 2.24) is 0 Å². The average Bonchev–Trinajstić information content (AvgIpc) is 2.41. The maximum absolute atomic E-state index is 12.1. The van der Waals surface area contributed by atoms with Crippen LogP contribution in [0.5, 0.6) is 0 Å². The number of hydrogen-bond donors (Lipinski definition) is 2. The van der Waals surface area contributed by atoms with Crippen molar-refractivity contribution in [2.45, 2.75) is 77.4 Å². The number of anilines is 2. The van der Waals surface area contributed by atoms with Gasteiger partial charge in [0.1, 0.15) is 5.60 Å². The third-order valence-electron chi connectivity index (χ3n) is 4.15. The Morgan fingerprint density at radius 2 is 1.74 bits per heavy atom. The molecule has 4 nitrogen and oxygen atoms in total. The standard InChI is InChI=1S/C19H30N2O2/c1-19(2,3)23-18(22)14-11-12-17(16(20)13-14)21-15-9-7-5-4-6-8-10-15/h11-13,15,21H,4-10,20H2,1-3H3. The number of hydrogen-bond acceptors (Lipinski definition) is 4. The van der Waals surface area contributed by atoms with Crippen LogP contribution < -0.4 is 11.1 Å². The van der Waals surface area contributed by atoms with Crippen LogP contribution in [0.15, 0.2) is 18.2 Å². The van der Waals surface area contributed by atoms with E-state index in [0.29, 0.717) is 17.3 Å². The summed E-state index contributed by atoms with van der Waals surface area (Å²) in [6, 6.07) is 5.87. The first-order chi connectivity index (χ1) is 10.8. The highest BCUT2D eigenvalue weighted by molar-refractivity contribution is 5.92. The van der Waals surface area contributed by atoms with Gasteiger partial charge in [-0.1, -0.05) is 32.1 Å². The second-order valence-corrected chi connectivity index (χ2v) is 7.49. The summed E-state index contributed by atoms with van der Waals surface area (Å²) in [7, 11) is 0. The quantitative estimate of drug-likeness (QED) is 0.623. The molecule has 0 saturated heterocycles. The van der Waals surface area contributed by atoms with Gasteiger partial charge in [0.05, 0.1) is 16.9 Å². The summed E-state index contributed by atoms with van der Waals surface area (Å²) < 4.78 is 5.38. The summed E-state index contributed by atoms with van der Waals surface area (Å²) in [6.07, 6.45) is 8.93. The molecule has 1 aliphatic carbocycles. The molecule has 0 heterocycles. The molecule has 2 rings (SSSR count). The first kappa shape index (κ1) is 17.6. The van der Waals surface area contributed by atoms with Gasteiger partial charge in [-0.3, -0.25) is 0 Å². The second-order valence-electron chi connectivity index (χ2n) is 7.49. The zero-order chi connectivity index (χ0) is 16.9. The summed E-state index contributed by atoms with van der Waals surface area (Å²) in [4.78, 5) is 12.1. The van der Waals surface area contributed by atoms with Gasteiger partial charge in [0.25, 0.3) is 0 Å². The highest BCUT2D eigenvalue weighted by atomic mass is 16.6. The molecular weight excluding hydrogens is 288 g/mol. The van der Waals surface area contributed by atoms with E-state index >= 15 is 0 Å². The van der Waals surface area contributed by atoms with Gasteiger partial charge in [0.15, 0.2) is 0 Å². The van der Waals surface area contributed by atoms with Crippen LogP contribution in [-0.4, -0.2) is 17.6 Å². The zero-order valence-corrected chi connectivity index (χ0v) is 14.7. The Bertz CT molecular complexity index is 527. The lowest BCUT2D eigenvalue weighted by atomic mass is 9.96. The van der Waals surface area contributed by atoms with Gasteiger partial charge in [-0.05, 0) is 51.8 Å². The Kier molecular flexibility index (Phi) is 5.91. The molecule has 0 unspecified atom stereocenters. The van der Waals surface area contributed by atoms with Crippen molar-refractivity contribution >= 4 is 17.3 Å². The Balaban J connectivity index is 2.02. The molecule has 1 aliphatic rings. The van der Waals surface area contributed by atoms with E-state index in [-0.39, 0.29) is 5.97 Å². The number of benzene rings is 1. The summed E-state index contributed by atoms with van der Waals surface area (Å²) in [5.74, 6) is -0.332. The molecule has 1 aromatic carbocycles. The van der Waals surface area contributed by atoms with Crippen molar-refractivity contribution in [3.63, 3.8) is 0 Å². The number of carbonyl (C=O) groups excluding carboxylic acids is 1. The Hall–Kier alpha value is -1.71. The first-order valence-electron chi connectivity index (χ1n) is 8.74. The van der Waals surface area contributed by atoms with E-state index in [0.717, 1.165) is 5.69 Å². The van der Waals surface area contributed by atoms with Crippen LogP contribution in [0.2, 0.25) is 0 Å². The van der Waals surface area contributed by atoms with Gasteiger partial charge in [-0.2, -0.15) is 0 Å². The number of esters is 1. The largest absolute Gasteiger partial charge is 0.456 e. The predicted octanol–water partition coefficient (Wildman–Crippen LogP) is 4.75. The normalized spacial score (nSPS) is 17.2. The molecule has 0 bridgehead atoms. The van der Waals surface area contributed by atoms with E-state index in [1.54, 1.807) is 12.1 Å². The molecule has 0 aromatic heterocycles. The van der Waals surface area contributed by atoms with E-state index in [9.17, 15) is 4.79 Å². The fraction of sp³-hybridized carbons (Fsp3) is 0.632. The summed E-state index contributed by atoms with van der Waals surface area (Å²) in [6.45, 7) is 5.58. The molecule has 3 N–H and O–H groups in total. The minimum atomic E-state index is -0.498. The van der Waals surface area contributed by atoms with Crippen LogP contribution in [0.25, 0.3) is 0 Å². The number of nitrogen functional groups attached to an aromatic ring is 1. The number of rotatable bonds is 3. The molecule has 0 radical (unpaired) electrons. The van der Waals surface area contributed by atoms with Crippen molar-refractivity contribution in [1.29, 1.82) is 0 Å². The first-order valence-corrected chi connectivity index (χ1v) is 8.74. The molecule has 0 atom stereocenters. The Morgan fingerprint density at radius 1 is 1.13 bits per heavy atom. The monoisotopic (exact) mass is 318 g/mol. The maximum Gasteiger partial charge on any atom is 0.338 e. The molecular formula is C19H30N2O2. The van der Waals surface area contributed by atoms with E-state index in [1.807, 2.05) is 26.8 Å². The SMILES string of the molecule is CC(C)(C)OC(=O)c1ccc(NC2CCCCCCC2)c(N)c1. The molecule has 0 amide bonds. The summed E-state index contributed by atoms with van der Waals surface area (Å²) in [5.41, 5.74) is 7.67.